The van der Waals surface area contributed by atoms with Crippen molar-refractivity contribution in [2.75, 3.05) is 24.5 Å². The summed E-state index contributed by atoms with van der Waals surface area (Å²) in [5.74, 6) is 0.674. The molecule has 7 heteroatoms. The number of carbonyl (C=O) groups is 1. The minimum atomic E-state index is -0.449. The van der Waals surface area contributed by atoms with Gasteiger partial charge in [-0.2, -0.15) is 0 Å². The third-order valence-electron chi connectivity index (χ3n) is 5.27. The second-order valence-electron chi connectivity index (χ2n) is 7.36. The highest BCUT2D eigenvalue weighted by Crippen LogP contribution is 2.26. The first-order valence-corrected chi connectivity index (χ1v) is 9.89. The fourth-order valence-electron chi connectivity index (χ4n) is 3.63. The first-order valence-electron chi connectivity index (χ1n) is 9.89. The Morgan fingerprint density at radius 3 is 2.63 bits per heavy atom. The molecular weight excluding hydrogens is 383 g/mol. The minimum Gasteiger partial charge on any atom is -0.436 e. The van der Waals surface area contributed by atoms with Gasteiger partial charge < -0.3 is 14.5 Å². The number of benzene rings is 2. The number of aromatic nitrogens is 2. The topological polar surface area (TPSA) is 58.6 Å². The van der Waals surface area contributed by atoms with Crippen molar-refractivity contribution in [1.29, 1.82) is 0 Å². The van der Waals surface area contributed by atoms with Gasteiger partial charge in [-0.3, -0.25) is 4.79 Å². The Hall–Kier alpha value is -3.48. The molecule has 30 heavy (non-hydrogen) atoms. The van der Waals surface area contributed by atoms with Gasteiger partial charge in [-0.05, 0) is 37.6 Å². The largest absolute Gasteiger partial charge is 0.436 e. The van der Waals surface area contributed by atoms with Crippen molar-refractivity contribution in [1.82, 2.24) is 14.9 Å². The number of piperazine rings is 1. The van der Waals surface area contributed by atoms with Crippen LogP contribution in [0.2, 0.25) is 0 Å². The maximum absolute atomic E-state index is 13.9. The van der Waals surface area contributed by atoms with E-state index in [1.54, 1.807) is 24.3 Å². The zero-order valence-corrected chi connectivity index (χ0v) is 17.0. The average molecular weight is 406 g/mol. The molecular formula is C23H23FN4O2. The number of rotatable bonds is 4. The molecule has 1 amide bonds. The van der Waals surface area contributed by atoms with E-state index in [1.807, 2.05) is 43.0 Å². The molecule has 1 fully saturated rings. The van der Waals surface area contributed by atoms with Gasteiger partial charge in [0.1, 0.15) is 12.1 Å². The molecule has 0 aliphatic carbocycles. The van der Waals surface area contributed by atoms with Crippen LogP contribution < -0.4 is 9.64 Å². The molecule has 0 unspecified atom stereocenters. The molecule has 2 aromatic carbocycles. The molecule has 2 heterocycles. The van der Waals surface area contributed by atoms with Crippen LogP contribution in [0.15, 0.2) is 60.9 Å². The van der Waals surface area contributed by atoms with Gasteiger partial charge >= 0.3 is 0 Å². The summed E-state index contributed by atoms with van der Waals surface area (Å²) in [6.07, 6.45) is 1.40. The van der Waals surface area contributed by atoms with Crippen LogP contribution in [0, 0.1) is 12.7 Å². The lowest BCUT2D eigenvalue weighted by atomic mass is 10.1. The van der Waals surface area contributed by atoms with Gasteiger partial charge in [0, 0.05) is 37.3 Å². The highest BCUT2D eigenvalue weighted by Gasteiger charge is 2.29. The maximum atomic E-state index is 13.9. The van der Waals surface area contributed by atoms with Crippen molar-refractivity contribution in [3.63, 3.8) is 0 Å². The standard InChI is InChI=1S/C23H23FN4O2/c1-16-7-3-4-8-18(16)23(29)28-12-11-27(14-17(28)2)21-13-22(26-15-25-21)30-20-10-6-5-9-19(20)24/h3-10,13,15,17H,11-12,14H2,1-2H3/t17-/m0/s1. The molecule has 0 bridgehead atoms. The number of amides is 1. The number of carbonyl (C=O) groups excluding carboxylic acids is 1. The summed E-state index contributed by atoms with van der Waals surface area (Å²) in [5.41, 5.74) is 1.71. The molecule has 0 N–H and O–H groups in total. The second kappa shape index (κ2) is 8.49. The zero-order valence-electron chi connectivity index (χ0n) is 17.0. The fourth-order valence-corrected chi connectivity index (χ4v) is 3.63. The normalized spacial score (nSPS) is 16.4. The van der Waals surface area contributed by atoms with Crippen molar-refractivity contribution >= 4 is 11.7 Å². The van der Waals surface area contributed by atoms with Crippen LogP contribution >= 0.6 is 0 Å². The van der Waals surface area contributed by atoms with E-state index in [9.17, 15) is 9.18 Å². The first-order chi connectivity index (χ1) is 14.5. The molecule has 6 nitrogen and oxygen atoms in total. The van der Waals surface area contributed by atoms with Gasteiger partial charge in [-0.1, -0.05) is 30.3 Å². The minimum absolute atomic E-state index is 0.0109. The molecule has 1 aliphatic rings. The molecule has 1 atom stereocenters. The third-order valence-corrected chi connectivity index (χ3v) is 5.27. The number of ether oxygens (including phenoxy) is 1. The van der Waals surface area contributed by atoms with Crippen LogP contribution in [0.3, 0.4) is 0 Å². The van der Waals surface area contributed by atoms with Crippen molar-refractivity contribution in [2.24, 2.45) is 0 Å². The van der Waals surface area contributed by atoms with E-state index < -0.39 is 5.82 Å². The van der Waals surface area contributed by atoms with E-state index in [4.69, 9.17) is 4.74 Å². The Labute approximate surface area is 174 Å². The maximum Gasteiger partial charge on any atom is 0.254 e. The van der Waals surface area contributed by atoms with E-state index >= 15 is 0 Å². The van der Waals surface area contributed by atoms with Crippen molar-refractivity contribution in [2.45, 2.75) is 19.9 Å². The monoisotopic (exact) mass is 406 g/mol. The van der Waals surface area contributed by atoms with E-state index in [1.165, 1.54) is 12.4 Å². The summed E-state index contributed by atoms with van der Waals surface area (Å²) in [6.45, 7) is 5.83. The van der Waals surface area contributed by atoms with Crippen LogP contribution in [0.4, 0.5) is 10.2 Å². The summed E-state index contributed by atoms with van der Waals surface area (Å²) < 4.78 is 19.4. The Morgan fingerprint density at radius 1 is 1.10 bits per heavy atom. The molecule has 154 valence electrons. The Kier molecular flexibility index (Phi) is 5.61. The summed E-state index contributed by atoms with van der Waals surface area (Å²) >= 11 is 0. The number of hydrogen-bond donors (Lipinski definition) is 0. The smallest absolute Gasteiger partial charge is 0.254 e. The number of anilines is 1. The van der Waals surface area contributed by atoms with Crippen LogP contribution in [0.1, 0.15) is 22.8 Å². The lowest BCUT2D eigenvalue weighted by Gasteiger charge is -2.40. The molecule has 0 spiro atoms. The van der Waals surface area contributed by atoms with Crippen LogP contribution in [0.5, 0.6) is 11.6 Å². The highest BCUT2D eigenvalue weighted by atomic mass is 19.1. The predicted octanol–water partition coefficient (Wildman–Crippen LogP) is 4.07. The van der Waals surface area contributed by atoms with E-state index in [0.717, 1.165) is 11.1 Å². The average Bonchev–Trinajstić information content (AvgIpc) is 2.75. The summed E-state index contributed by atoms with van der Waals surface area (Å²) in [5, 5.41) is 0. The lowest BCUT2D eigenvalue weighted by molar-refractivity contribution is 0.0673. The second-order valence-corrected chi connectivity index (χ2v) is 7.36. The summed E-state index contributed by atoms with van der Waals surface area (Å²) in [7, 11) is 0. The number of hydrogen-bond acceptors (Lipinski definition) is 5. The number of halogens is 1. The SMILES string of the molecule is Cc1ccccc1C(=O)N1CCN(c2cc(Oc3ccccc3F)ncn2)C[C@@H]1C. The van der Waals surface area contributed by atoms with E-state index in [-0.39, 0.29) is 23.6 Å². The van der Waals surface area contributed by atoms with Crippen molar-refractivity contribution in [3.8, 4) is 11.6 Å². The zero-order chi connectivity index (χ0) is 21.1. The fraction of sp³-hybridized carbons (Fsp3) is 0.261. The Balaban J connectivity index is 1.46. The van der Waals surface area contributed by atoms with Gasteiger partial charge in [0.25, 0.3) is 5.91 Å². The van der Waals surface area contributed by atoms with Crippen LogP contribution in [-0.4, -0.2) is 46.5 Å². The molecule has 1 aromatic heterocycles. The van der Waals surface area contributed by atoms with Crippen LogP contribution in [0.25, 0.3) is 0 Å². The first kappa shape index (κ1) is 19.8. The molecule has 0 radical (unpaired) electrons. The van der Waals surface area contributed by atoms with Gasteiger partial charge in [-0.25, -0.2) is 14.4 Å². The summed E-state index contributed by atoms with van der Waals surface area (Å²) in [6, 6.07) is 15.5. The Bertz CT molecular complexity index is 1060. The van der Waals surface area contributed by atoms with Gasteiger partial charge in [0.15, 0.2) is 11.6 Å². The number of para-hydroxylation sites is 1. The van der Waals surface area contributed by atoms with Gasteiger partial charge in [-0.15, -0.1) is 0 Å². The molecule has 1 aliphatic heterocycles. The summed E-state index contributed by atoms with van der Waals surface area (Å²) in [4.78, 5) is 25.4. The van der Waals surface area contributed by atoms with Crippen molar-refractivity contribution < 1.29 is 13.9 Å². The lowest BCUT2D eigenvalue weighted by Crippen LogP contribution is -2.54. The van der Waals surface area contributed by atoms with Gasteiger partial charge in [0.2, 0.25) is 5.88 Å². The predicted molar refractivity (Wildman–Crippen MR) is 112 cm³/mol. The van der Waals surface area contributed by atoms with Gasteiger partial charge in [0.05, 0.1) is 0 Å². The Morgan fingerprint density at radius 2 is 1.87 bits per heavy atom. The molecule has 1 saturated heterocycles. The van der Waals surface area contributed by atoms with E-state index in [2.05, 4.69) is 14.9 Å². The third kappa shape index (κ3) is 4.10. The molecule has 3 aromatic rings. The quantitative estimate of drug-likeness (QED) is 0.654. The van der Waals surface area contributed by atoms with E-state index in [0.29, 0.717) is 25.5 Å². The molecule has 0 saturated carbocycles. The number of aryl methyl sites for hydroxylation is 1. The van der Waals surface area contributed by atoms with Crippen molar-refractivity contribution in [3.05, 3.63) is 77.9 Å². The van der Waals surface area contributed by atoms with Crippen LogP contribution in [-0.2, 0) is 0 Å². The number of nitrogens with zero attached hydrogens (tertiary/aromatic N) is 4. The highest BCUT2D eigenvalue weighted by molar-refractivity contribution is 5.96. The molecule has 4 rings (SSSR count).